The summed E-state index contributed by atoms with van der Waals surface area (Å²) in [4.78, 5) is 22.4. The van der Waals surface area contributed by atoms with E-state index in [1.54, 1.807) is 11.3 Å². The average Bonchev–Trinajstić information content (AvgIpc) is 3.13. The molecular weight excluding hydrogens is 382 g/mol. The van der Waals surface area contributed by atoms with Crippen LogP contribution in [0.3, 0.4) is 0 Å². The number of carbonyl (C=O) groups is 1. The number of benzene rings is 2. The number of aryl methyl sites for hydroxylation is 2. The molecule has 0 spiro atoms. The van der Waals surface area contributed by atoms with E-state index in [2.05, 4.69) is 30.9 Å². The predicted molar refractivity (Wildman–Crippen MR) is 119 cm³/mol. The average molecular weight is 410 g/mol. The molecule has 3 aromatic rings. The van der Waals surface area contributed by atoms with E-state index in [4.69, 9.17) is 9.72 Å². The van der Waals surface area contributed by atoms with Gasteiger partial charge in [0, 0.05) is 26.2 Å². The van der Waals surface area contributed by atoms with Gasteiger partial charge in [-0.3, -0.25) is 14.6 Å². The van der Waals surface area contributed by atoms with E-state index in [0.29, 0.717) is 13.0 Å². The zero-order valence-electron chi connectivity index (χ0n) is 17.1. The number of thiazole rings is 1. The number of fused-ring (bicyclic) bond motifs is 1. The Morgan fingerprint density at radius 2 is 1.93 bits per heavy atom. The molecule has 6 heteroatoms. The molecule has 0 N–H and O–H groups in total. The third-order valence-electron chi connectivity index (χ3n) is 5.29. The Hall–Kier alpha value is -2.28. The van der Waals surface area contributed by atoms with Crippen molar-refractivity contribution in [1.82, 2.24) is 9.88 Å². The van der Waals surface area contributed by atoms with Gasteiger partial charge in [-0.05, 0) is 36.6 Å². The quantitative estimate of drug-likeness (QED) is 0.621. The molecule has 0 aliphatic carbocycles. The SMILES string of the molecule is Cc1cc(C)c2nc(N(CCN3CCOCC3)C(=O)Cc3ccccc3)sc2c1. The second kappa shape index (κ2) is 9.03. The van der Waals surface area contributed by atoms with E-state index in [9.17, 15) is 4.79 Å². The number of nitrogens with zero attached hydrogens (tertiary/aromatic N) is 3. The van der Waals surface area contributed by atoms with Gasteiger partial charge in [0.05, 0.1) is 29.9 Å². The third-order valence-corrected chi connectivity index (χ3v) is 6.32. The van der Waals surface area contributed by atoms with Gasteiger partial charge in [-0.2, -0.15) is 0 Å². The summed E-state index contributed by atoms with van der Waals surface area (Å²) in [5, 5.41) is 0.794. The highest BCUT2D eigenvalue weighted by Gasteiger charge is 2.22. The molecule has 5 nitrogen and oxygen atoms in total. The molecule has 0 unspecified atom stereocenters. The number of morpholine rings is 1. The van der Waals surface area contributed by atoms with Gasteiger partial charge in [-0.15, -0.1) is 0 Å². The van der Waals surface area contributed by atoms with E-state index in [1.807, 2.05) is 35.2 Å². The molecule has 0 saturated carbocycles. The lowest BCUT2D eigenvalue weighted by Gasteiger charge is -2.29. The Morgan fingerprint density at radius 3 is 2.69 bits per heavy atom. The van der Waals surface area contributed by atoms with Crippen LogP contribution in [0.2, 0.25) is 0 Å². The first kappa shape index (κ1) is 20.0. The van der Waals surface area contributed by atoms with Crippen LogP contribution in [-0.4, -0.2) is 55.2 Å². The minimum Gasteiger partial charge on any atom is -0.379 e. The highest BCUT2D eigenvalue weighted by atomic mass is 32.1. The highest BCUT2D eigenvalue weighted by Crippen LogP contribution is 2.32. The Kier molecular flexibility index (Phi) is 6.23. The van der Waals surface area contributed by atoms with E-state index >= 15 is 0 Å². The Labute approximate surface area is 175 Å². The van der Waals surface area contributed by atoms with Gasteiger partial charge in [-0.25, -0.2) is 4.98 Å². The lowest BCUT2D eigenvalue weighted by molar-refractivity contribution is -0.118. The fourth-order valence-electron chi connectivity index (χ4n) is 3.73. The van der Waals surface area contributed by atoms with Crippen LogP contribution in [-0.2, 0) is 16.0 Å². The summed E-state index contributed by atoms with van der Waals surface area (Å²) < 4.78 is 6.59. The van der Waals surface area contributed by atoms with Gasteiger partial charge < -0.3 is 4.74 Å². The number of carbonyl (C=O) groups excluding carboxylic acids is 1. The largest absolute Gasteiger partial charge is 0.379 e. The predicted octanol–water partition coefficient (Wildman–Crippen LogP) is 3.82. The van der Waals surface area contributed by atoms with Crippen molar-refractivity contribution >= 4 is 32.6 Å². The number of rotatable bonds is 6. The van der Waals surface area contributed by atoms with Gasteiger partial charge in [0.25, 0.3) is 0 Å². The zero-order chi connectivity index (χ0) is 20.2. The Morgan fingerprint density at radius 1 is 1.17 bits per heavy atom. The number of hydrogen-bond acceptors (Lipinski definition) is 5. The van der Waals surface area contributed by atoms with Crippen molar-refractivity contribution in [2.45, 2.75) is 20.3 Å². The summed E-state index contributed by atoms with van der Waals surface area (Å²) >= 11 is 1.61. The number of hydrogen-bond donors (Lipinski definition) is 0. The van der Waals surface area contributed by atoms with Crippen molar-refractivity contribution in [3.05, 3.63) is 59.2 Å². The molecular formula is C23H27N3O2S. The summed E-state index contributed by atoms with van der Waals surface area (Å²) in [6.45, 7) is 9.01. The summed E-state index contributed by atoms with van der Waals surface area (Å²) in [6.07, 6.45) is 0.387. The minimum atomic E-state index is 0.0953. The Balaban J connectivity index is 1.59. The molecule has 1 aliphatic heterocycles. The van der Waals surface area contributed by atoms with Crippen LogP contribution < -0.4 is 4.90 Å². The lowest BCUT2D eigenvalue weighted by Crippen LogP contribution is -2.43. The van der Waals surface area contributed by atoms with Crippen molar-refractivity contribution in [3.63, 3.8) is 0 Å². The number of anilines is 1. The minimum absolute atomic E-state index is 0.0953. The fraction of sp³-hybridized carbons (Fsp3) is 0.391. The van der Waals surface area contributed by atoms with E-state index < -0.39 is 0 Å². The van der Waals surface area contributed by atoms with Gasteiger partial charge in [0.1, 0.15) is 0 Å². The molecule has 2 aromatic carbocycles. The number of aromatic nitrogens is 1. The van der Waals surface area contributed by atoms with Gasteiger partial charge in [0.2, 0.25) is 5.91 Å². The smallest absolute Gasteiger partial charge is 0.233 e. The molecule has 0 bridgehead atoms. The monoisotopic (exact) mass is 409 g/mol. The first-order valence-electron chi connectivity index (χ1n) is 10.1. The molecule has 1 fully saturated rings. The summed E-state index contributed by atoms with van der Waals surface area (Å²) in [5.74, 6) is 0.0953. The third kappa shape index (κ3) is 4.83. The molecule has 0 radical (unpaired) electrons. The second-order valence-corrected chi connectivity index (χ2v) is 8.60. The maximum atomic E-state index is 13.3. The van der Waals surface area contributed by atoms with E-state index in [-0.39, 0.29) is 5.91 Å². The van der Waals surface area contributed by atoms with Crippen molar-refractivity contribution in [2.75, 3.05) is 44.3 Å². The molecule has 1 aromatic heterocycles. The van der Waals surface area contributed by atoms with E-state index in [1.165, 1.54) is 5.56 Å². The molecule has 2 heterocycles. The van der Waals surface area contributed by atoms with Crippen LogP contribution in [0, 0.1) is 13.8 Å². The van der Waals surface area contributed by atoms with Gasteiger partial charge in [-0.1, -0.05) is 47.7 Å². The van der Waals surface area contributed by atoms with E-state index in [0.717, 1.165) is 59.3 Å². The first-order valence-corrected chi connectivity index (χ1v) is 10.9. The van der Waals surface area contributed by atoms with Crippen LogP contribution >= 0.6 is 11.3 Å². The van der Waals surface area contributed by atoms with Crippen molar-refractivity contribution < 1.29 is 9.53 Å². The van der Waals surface area contributed by atoms with Crippen molar-refractivity contribution in [1.29, 1.82) is 0 Å². The second-order valence-electron chi connectivity index (χ2n) is 7.59. The lowest BCUT2D eigenvalue weighted by atomic mass is 10.1. The first-order chi connectivity index (χ1) is 14.1. The molecule has 1 saturated heterocycles. The molecule has 1 amide bonds. The molecule has 29 heavy (non-hydrogen) atoms. The van der Waals surface area contributed by atoms with Crippen LogP contribution in [0.15, 0.2) is 42.5 Å². The Bertz CT molecular complexity index is 980. The zero-order valence-corrected chi connectivity index (χ0v) is 17.9. The maximum Gasteiger partial charge on any atom is 0.233 e. The topological polar surface area (TPSA) is 45.7 Å². The molecule has 1 aliphatic rings. The summed E-state index contributed by atoms with van der Waals surface area (Å²) in [5.41, 5.74) is 4.41. The van der Waals surface area contributed by atoms with Crippen molar-refractivity contribution in [3.8, 4) is 0 Å². The van der Waals surface area contributed by atoms with Crippen molar-refractivity contribution in [2.24, 2.45) is 0 Å². The number of amides is 1. The standard InChI is InChI=1S/C23H27N3O2S/c1-17-14-18(2)22-20(15-17)29-23(24-22)26(9-8-25-10-12-28-13-11-25)21(27)16-19-6-4-3-5-7-19/h3-7,14-15H,8-13,16H2,1-2H3. The van der Waals surface area contributed by atoms with Gasteiger partial charge in [0.15, 0.2) is 5.13 Å². The molecule has 0 atom stereocenters. The molecule has 152 valence electrons. The molecule has 4 rings (SSSR count). The normalized spacial score (nSPS) is 15.0. The van der Waals surface area contributed by atoms with Crippen LogP contribution in [0.5, 0.6) is 0 Å². The highest BCUT2D eigenvalue weighted by molar-refractivity contribution is 7.22. The van der Waals surface area contributed by atoms with Crippen LogP contribution in [0.25, 0.3) is 10.2 Å². The van der Waals surface area contributed by atoms with Crippen LogP contribution in [0.4, 0.5) is 5.13 Å². The number of ether oxygens (including phenoxy) is 1. The van der Waals surface area contributed by atoms with Gasteiger partial charge >= 0.3 is 0 Å². The summed E-state index contributed by atoms with van der Waals surface area (Å²) in [6, 6.07) is 14.2. The fourth-order valence-corrected chi connectivity index (χ4v) is 4.92. The van der Waals surface area contributed by atoms with Crippen LogP contribution in [0.1, 0.15) is 16.7 Å². The summed E-state index contributed by atoms with van der Waals surface area (Å²) in [7, 11) is 0. The maximum absolute atomic E-state index is 13.3.